The fraction of sp³-hybridized carbons (Fsp3) is 0.600. The zero-order valence-corrected chi connectivity index (χ0v) is 12.8. The molecule has 104 valence electrons. The number of hydrogen-bond acceptors (Lipinski definition) is 3. The summed E-state index contributed by atoms with van der Waals surface area (Å²) in [4.78, 5) is 4.84. The number of nitrogens with zero attached hydrogens (tertiary/aromatic N) is 1. The van der Waals surface area contributed by atoms with Crippen molar-refractivity contribution in [3.8, 4) is 0 Å². The van der Waals surface area contributed by atoms with E-state index in [0.717, 1.165) is 28.8 Å². The Morgan fingerprint density at radius 2 is 2.11 bits per heavy atom. The van der Waals surface area contributed by atoms with Crippen molar-refractivity contribution in [1.82, 2.24) is 4.98 Å². The Hall–Kier alpha value is -1.16. The minimum absolute atomic E-state index is 0.422. The van der Waals surface area contributed by atoms with Crippen molar-refractivity contribution in [2.75, 3.05) is 5.32 Å². The zero-order chi connectivity index (χ0) is 14.0. The normalized spacial score (nSPS) is 27.0. The highest BCUT2D eigenvalue weighted by Gasteiger charge is 2.25. The van der Waals surface area contributed by atoms with E-state index >= 15 is 0 Å². The van der Waals surface area contributed by atoms with Gasteiger partial charge in [0.25, 0.3) is 0 Å². The van der Waals surface area contributed by atoms with Crippen LogP contribution < -0.4 is 11.1 Å². The van der Waals surface area contributed by atoms with E-state index in [1.807, 2.05) is 19.2 Å². The average Bonchev–Trinajstić information content (AvgIpc) is 2.33. The highest BCUT2D eigenvalue weighted by atomic mass is 32.1. The molecule has 4 heteroatoms. The maximum atomic E-state index is 5.82. The van der Waals surface area contributed by atoms with E-state index in [4.69, 9.17) is 18.0 Å². The monoisotopic (exact) mass is 277 g/mol. The van der Waals surface area contributed by atoms with Crippen LogP contribution in [0.4, 0.5) is 5.82 Å². The maximum Gasteiger partial charge on any atom is 0.136 e. The summed E-state index contributed by atoms with van der Waals surface area (Å²) in [6.45, 7) is 6.69. The first-order chi connectivity index (χ1) is 8.99. The van der Waals surface area contributed by atoms with Crippen LogP contribution >= 0.6 is 12.2 Å². The molecule has 2 rings (SSSR count). The third-order valence-electron chi connectivity index (χ3n) is 4.34. The Kier molecular flexibility index (Phi) is 4.40. The fourth-order valence-corrected chi connectivity index (χ4v) is 3.11. The molecule has 0 spiro atoms. The van der Waals surface area contributed by atoms with Crippen molar-refractivity contribution in [1.29, 1.82) is 0 Å². The first kappa shape index (κ1) is 14.3. The maximum absolute atomic E-state index is 5.82. The van der Waals surface area contributed by atoms with Gasteiger partial charge in [0.15, 0.2) is 0 Å². The molecule has 0 amide bonds. The summed E-state index contributed by atoms with van der Waals surface area (Å²) in [7, 11) is 0. The van der Waals surface area contributed by atoms with Gasteiger partial charge in [0, 0.05) is 12.2 Å². The van der Waals surface area contributed by atoms with Gasteiger partial charge in [0.05, 0.1) is 5.56 Å². The quantitative estimate of drug-likeness (QED) is 0.833. The third kappa shape index (κ3) is 3.24. The van der Waals surface area contributed by atoms with Gasteiger partial charge in [0.1, 0.15) is 10.8 Å². The van der Waals surface area contributed by atoms with Crippen LogP contribution in [-0.2, 0) is 0 Å². The molecule has 1 aromatic heterocycles. The van der Waals surface area contributed by atoms with Crippen LogP contribution in [0.5, 0.6) is 0 Å². The summed E-state index contributed by atoms with van der Waals surface area (Å²) in [5, 5.41) is 3.54. The Balaban J connectivity index is 2.15. The summed E-state index contributed by atoms with van der Waals surface area (Å²) in [6.07, 6.45) is 5.47. The number of hydrogen-bond donors (Lipinski definition) is 2. The summed E-state index contributed by atoms with van der Waals surface area (Å²) in [5.74, 6) is 2.42. The van der Waals surface area contributed by atoms with E-state index in [1.165, 1.54) is 19.3 Å². The molecule has 1 saturated carbocycles. The molecule has 0 bridgehead atoms. The summed E-state index contributed by atoms with van der Waals surface area (Å²) < 4.78 is 0. The van der Waals surface area contributed by atoms with E-state index in [-0.39, 0.29) is 0 Å². The van der Waals surface area contributed by atoms with Gasteiger partial charge in [-0.05, 0) is 49.7 Å². The first-order valence-corrected chi connectivity index (χ1v) is 7.41. The van der Waals surface area contributed by atoms with Gasteiger partial charge in [-0.25, -0.2) is 4.98 Å². The van der Waals surface area contributed by atoms with Crippen LogP contribution in [0.2, 0.25) is 0 Å². The van der Waals surface area contributed by atoms with E-state index in [1.54, 1.807) is 0 Å². The largest absolute Gasteiger partial charge is 0.389 e. The molecular weight excluding hydrogens is 254 g/mol. The third-order valence-corrected chi connectivity index (χ3v) is 4.55. The minimum Gasteiger partial charge on any atom is -0.389 e. The lowest BCUT2D eigenvalue weighted by Gasteiger charge is -2.33. The number of rotatable bonds is 3. The Bertz CT molecular complexity index is 472. The molecular formula is C15H23N3S. The second-order valence-electron chi connectivity index (χ2n) is 5.82. The summed E-state index contributed by atoms with van der Waals surface area (Å²) in [5.41, 5.74) is 7.80. The molecule has 19 heavy (non-hydrogen) atoms. The second-order valence-corrected chi connectivity index (χ2v) is 6.26. The number of anilines is 1. The molecule has 1 aliphatic rings. The Morgan fingerprint density at radius 1 is 1.37 bits per heavy atom. The van der Waals surface area contributed by atoms with Crippen LogP contribution in [0.15, 0.2) is 12.3 Å². The number of aromatic nitrogens is 1. The molecule has 1 heterocycles. The molecule has 3 nitrogen and oxygen atoms in total. The van der Waals surface area contributed by atoms with Crippen LogP contribution in [0.1, 0.15) is 44.2 Å². The lowest BCUT2D eigenvalue weighted by molar-refractivity contribution is 0.260. The molecule has 3 N–H and O–H groups in total. The van der Waals surface area contributed by atoms with Crippen molar-refractivity contribution < 1.29 is 0 Å². The van der Waals surface area contributed by atoms with Crippen LogP contribution in [0.25, 0.3) is 0 Å². The van der Waals surface area contributed by atoms with Gasteiger partial charge in [0.2, 0.25) is 0 Å². The number of nitrogens with two attached hydrogens (primary N) is 1. The van der Waals surface area contributed by atoms with Crippen molar-refractivity contribution in [2.24, 2.45) is 17.6 Å². The topological polar surface area (TPSA) is 50.9 Å². The highest BCUT2D eigenvalue weighted by molar-refractivity contribution is 7.80. The second kappa shape index (κ2) is 5.87. The van der Waals surface area contributed by atoms with Gasteiger partial charge >= 0.3 is 0 Å². The molecule has 1 aliphatic carbocycles. The van der Waals surface area contributed by atoms with Crippen molar-refractivity contribution in [2.45, 2.75) is 46.1 Å². The molecule has 0 aromatic carbocycles. The zero-order valence-electron chi connectivity index (χ0n) is 11.9. The Morgan fingerprint density at radius 3 is 2.74 bits per heavy atom. The van der Waals surface area contributed by atoms with Crippen molar-refractivity contribution >= 4 is 23.0 Å². The molecule has 3 unspecified atom stereocenters. The lowest BCUT2D eigenvalue weighted by Crippen LogP contribution is -2.31. The molecule has 0 aliphatic heterocycles. The SMILES string of the molecule is Cc1ccnc(NC2CCC(C)C(C)C2)c1C(N)=S. The van der Waals surface area contributed by atoms with Gasteiger partial charge in [-0.15, -0.1) is 0 Å². The molecule has 1 aromatic rings. The van der Waals surface area contributed by atoms with E-state index in [2.05, 4.69) is 24.1 Å². The number of pyridine rings is 1. The predicted octanol–water partition coefficient (Wildman–Crippen LogP) is 3.26. The summed E-state index contributed by atoms with van der Waals surface area (Å²) >= 11 is 5.14. The van der Waals surface area contributed by atoms with Gasteiger partial charge in [-0.2, -0.15) is 0 Å². The molecule has 1 fully saturated rings. The van der Waals surface area contributed by atoms with Crippen LogP contribution in [0.3, 0.4) is 0 Å². The average molecular weight is 277 g/mol. The molecule has 3 atom stereocenters. The van der Waals surface area contributed by atoms with Gasteiger partial charge in [-0.3, -0.25) is 0 Å². The smallest absolute Gasteiger partial charge is 0.136 e. The van der Waals surface area contributed by atoms with E-state index in [9.17, 15) is 0 Å². The predicted molar refractivity (Wildman–Crippen MR) is 84.5 cm³/mol. The van der Waals surface area contributed by atoms with Crippen molar-refractivity contribution in [3.63, 3.8) is 0 Å². The Labute approximate surface area is 121 Å². The summed E-state index contributed by atoms with van der Waals surface area (Å²) in [6, 6.07) is 2.43. The first-order valence-electron chi connectivity index (χ1n) is 7.01. The van der Waals surface area contributed by atoms with Crippen molar-refractivity contribution in [3.05, 3.63) is 23.4 Å². The van der Waals surface area contributed by atoms with E-state index < -0.39 is 0 Å². The van der Waals surface area contributed by atoms with Gasteiger partial charge in [-0.1, -0.05) is 26.1 Å². The number of thiocarbonyl (C=S) groups is 1. The molecule has 0 radical (unpaired) electrons. The van der Waals surface area contributed by atoms with Crippen LogP contribution in [0, 0.1) is 18.8 Å². The lowest BCUT2D eigenvalue weighted by atomic mass is 9.79. The highest BCUT2D eigenvalue weighted by Crippen LogP contribution is 2.31. The molecule has 0 saturated heterocycles. The number of nitrogens with one attached hydrogen (secondary N) is 1. The minimum atomic E-state index is 0.422. The van der Waals surface area contributed by atoms with Crippen LogP contribution in [-0.4, -0.2) is 16.0 Å². The number of aryl methyl sites for hydroxylation is 1. The standard InChI is InChI=1S/C15H23N3S/c1-9-4-5-12(8-11(9)3)18-15-13(14(16)19)10(2)6-7-17-15/h6-7,9,11-12H,4-5,8H2,1-3H3,(H2,16,19)(H,17,18). The van der Waals surface area contributed by atoms with Gasteiger partial charge < -0.3 is 11.1 Å². The van der Waals surface area contributed by atoms with E-state index in [0.29, 0.717) is 11.0 Å². The fourth-order valence-electron chi connectivity index (χ4n) is 2.85.